The first-order valence-corrected chi connectivity index (χ1v) is 7.93. The molecule has 120 valence electrons. The normalized spacial score (nSPS) is 10.8. The average molecular weight is 341 g/mol. The number of ether oxygens (including phenoxy) is 1. The molecule has 24 heavy (non-hydrogen) atoms. The molecule has 4 rings (SSSR count). The number of aromatic nitrogens is 3. The van der Waals surface area contributed by atoms with Crippen molar-refractivity contribution in [1.29, 1.82) is 0 Å². The van der Waals surface area contributed by atoms with E-state index in [9.17, 15) is 4.79 Å². The number of rotatable bonds is 5. The smallest absolute Gasteiger partial charge is 0.356 e. The summed E-state index contributed by atoms with van der Waals surface area (Å²) in [7, 11) is 0. The molecule has 7 nitrogen and oxygen atoms in total. The van der Waals surface area contributed by atoms with E-state index in [1.165, 1.54) is 6.26 Å². The maximum absolute atomic E-state index is 12.1. The van der Waals surface area contributed by atoms with E-state index in [4.69, 9.17) is 13.7 Å². The highest BCUT2D eigenvalue weighted by atomic mass is 32.1. The fourth-order valence-electron chi connectivity index (χ4n) is 2.11. The summed E-state index contributed by atoms with van der Waals surface area (Å²) in [6.45, 7) is 0.0167. The Morgan fingerprint density at radius 1 is 1.25 bits per heavy atom. The van der Waals surface area contributed by atoms with Crippen LogP contribution < -0.4 is 0 Å². The van der Waals surface area contributed by atoms with E-state index >= 15 is 0 Å². The number of carbonyl (C=O) groups is 1. The van der Waals surface area contributed by atoms with Crippen LogP contribution in [0.25, 0.3) is 22.1 Å². The third-order valence-corrected chi connectivity index (χ3v) is 4.13. The molecule has 0 bridgehead atoms. The molecular formula is C16H11N3O4S. The molecule has 1 N–H and O–H groups in total. The van der Waals surface area contributed by atoms with Crippen molar-refractivity contribution >= 4 is 17.3 Å². The van der Waals surface area contributed by atoms with Crippen molar-refractivity contribution in [2.24, 2.45) is 0 Å². The first kappa shape index (κ1) is 14.5. The molecule has 0 aromatic carbocycles. The molecule has 0 fully saturated rings. The quantitative estimate of drug-likeness (QED) is 0.556. The fraction of sp³-hybridized carbons (Fsp3) is 0.0625. The molecular weight excluding hydrogens is 330 g/mol. The fourth-order valence-corrected chi connectivity index (χ4v) is 2.78. The van der Waals surface area contributed by atoms with Crippen LogP contribution in [0.5, 0.6) is 0 Å². The van der Waals surface area contributed by atoms with Gasteiger partial charge in [-0.05, 0) is 23.6 Å². The second kappa shape index (κ2) is 6.17. The highest BCUT2D eigenvalue weighted by molar-refractivity contribution is 7.13. The van der Waals surface area contributed by atoms with E-state index in [1.807, 2.05) is 17.5 Å². The van der Waals surface area contributed by atoms with Gasteiger partial charge < -0.3 is 13.7 Å². The van der Waals surface area contributed by atoms with Gasteiger partial charge in [0.25, 0.3) is 0 Å². The van der Waals surface area contributed by atoms with Gasteiger partial charge in [-0.2, -0.15) is 5.10 Å². The summed E-state index contributed by atoms with van der Waals surface area (Å²) in [4.78, 5) is 13.0. The predicted molar refractivity (Wildman–Crippen MR) is 85.2 cm³/mol. The van der Waals surface area contributed by atoms with E-state index in [2.05, 4.69) is 15.4 Å². The molecule has 0 saturated carbocycles. The van der Waals surface area contributed by atoms with E-state index in [-0.39, 0.29) is 12.3 Å². The second-order valence-corrected chi connectivity index (χ2v) is 5.83. The van der Waals surface area contributed by atoms with Crippen LogP contribution in [-0.2, 0) is 11.3 Å². The number of hydrogen-bond donors (Lipinski definition) is 1. The largest absolute Gasteiger partial charge is 0.463 e. The molecule has 0 radical (unpaired) electrons. The van der Waals surface area contributed by atoms with Crippen LogP contribution in [0.3, 0.4) is 0 Å². The Labute approximate surface area is 139 Å². The summed E-state index contributed by atoms with van der Waals surface area (Å²) in [6, 6.07) is 10.7. The van der Waals surface area contributed by atoms with Gasteiger partial charge >= 0.3 is 5.97 Å². The number of carbonyl (C=O) groups excluding carboxylic acids is 1. The van der Waals surface area contributed by atoms with E-state index in [0.717, 1.165) is 4.88 Å². The number of H-pyrrole nitrogens is 1. The Kier molecular flexibility index (Phi) is 3.72. The molecule has 0 aliphatic heterocycles. The van der Waals surface area contributed by atoms with Gasteiger partial charge in [0.1, 0.15) is 23.7 Å². The molecule has 0 atom stereocenters. The van der Waals surface area contributed by atoms with Crippen LogP contribution in [-0.4, -0.2) is 21.3 Å². The number of furan rings is 1. The molecule has 0 aliphatic rings. The first-order chi connectivity index (χ1) is 11.8. The number of nitrogens with one attached hydrogen (secondary N) is 1. The highest BCUT2D eigenvalue weighted by Crippen LogP contribution is 2.25. The highest BCUT2D eigenvalue weighted by Gasteiger charge is 2.15. The zero-order chi connectivity index (χ0) is 16.4. The molecule has 4 heterocycles. The summed E-state index contributed by atoms with van der Waals surface area (Å²) in [5.41, 5.74) is 1.31. The lowest BCUT2D eigenvalue weighted by atomic mass is 10.3. The van der Waals surface area contributed by atoms with Crippen molar-refractivity contribution in [3.05, 3.63) is 59.4 Å². The van der Waals surface area contributed by atoms with Crippen LogP contribution >= 0.6 is 11.3 Å². The van der Waals surface area contributed by atoms with Gasteiger partial charge in [0.15, 0.2) is 11.5 Å². The predicted octanol–water partition coefficient (Wildman–Crippen LogP) is 3.74. The number of thiophene rings is 1. The minimum Gasteiger partial charge on any atom is -0.463 e. The lowest BCUT2D eigenvalue weighted by Crippen LogP contribution is -2.05. The van der Waals surface area contributed by atoms with Gasteiger partial charge in [0.05, 0.1) is 11.1 Å². The van der Waals surface area contributed by atoms with E-state index in [1.54, 1.807) is 35.6 Å². The van der Waals surface area contributed by atoms with Crippen LogP contribution in [0.2, 0.25) is 0 Å². The minimum absolute atomic E-state index is 0.0167. The minimum atomic E-state index is -0.527. The third kappa shape index (κ3) is 2.86. The van der Waals surface area contributed by atoms with Gasteiger partial charge in [-0.25, -0.2) is 4.79 Å². The van der Waals surface area contributed by atoms with Gasteiger partial charge in [-0.1, -0.05) is 11.2 Å². The van der Waals surface area contributed by atoms with Crippen molar-refractivity contribution in [3.63, 3.8) is 0 Å². The summed E-state index contributed by atoms with van der Waals surface area (Å²) in [6.07, 6.45) is 1.54. The Bertz CT molecular complexity index is 938. The maximum atomic E-state index is 12.1. The first-order valence-electron chi connectivity index (χ1n) is 7.05. The molecule has 0 unspecified atom stereocenters. The van der Waals surface area contributed by atoms with Gasteiger partial charge in [0.2, 0.25) is 0 Å². The lowest BCUT2D eigenvalue weighted by Gasteiger charge is -1.98. The summed E-state index contributed by atoms with van der Waals surface area (Å²) in [5, 5.41) is 12.5. The third-order valence-electron chi connectivity index (χ3n) is 3.25. The Balaban J connectivity index is 1.40. The number of nitrogens with zero attached hydrogens (tertiary/aromatic N) is 2. The van der Waals surface area contributed by atoms with Crippen LogP contribution in [0, 0.1) is 0 Å². The Morgan fingerprint density at radius 3 is 3.00 bits per heavy atom. The van der Waals surface area contributed by atoms with E-state index in [0.29, 0.717) is 22.9 Å². The van der Waals surface area contributed by atoms with E-state index < -0.39 is 5.97 Å². The zero-order valence-corrected chi connectivity index (χ0v) is 13.1. The second-order valence-electron chi connectivity index (χ2n) is 4.88. The topological polar surface area (TPSA) is 94.2 Å². The van der Waals surface area contributed by atoms with Crippen molar-refractivity contribution in [2.45, 2.75) is 6.61 Å². The lowest BCUT2D eigenvalue weighted by molar-refractivity contribution is 0.0457. The standard InChI is InChI=1S/C16H11N3O4S/c20-16(12-8-11(17-18-12)13-3-1-5-21-13)22-9-10-7-14(23-19-10)15-4-2-6-24-15/h1-8H,9H2,(H,17,18). The molecule has 0 amide bonds. The van der Waals surface area contributed by atoms with Gasteiger partial charge in [-0.15, -0.1) is 11.3 Å². The molecule has 4 aromatic heterocycles. The molecule has 8 heteroatoms. The van der Waals surface area contributed by atoms with Crippen molar-refractivity contribution in [2.75, 3.05) is 0 Å². The molecule has 0 saturated heterocycles. The maximum Gasteiger partial charge on any atom is 0.356 e. The van der Waals surface area contributed by atoms with Gasteiger partial charge in [0, 0.05) is 12.1 Å². The van der Waals surface area contributed by atoms with Crippen molar-refractivity contribution in [1.82, 2.24) is 15.4 Å². The van der Waals surface area contributed by atoms with Crippen LogP contribution in [0.15, 0.2) is 57.0 Å². The Hall–Kier alpha value is -3.13. The average Bonchev–Trinajstić information content (AvgIpc) is 3.40. The Morgan fingerprint density at radius 2 is 2.21 bits per heavy atom. The monoisotopic (exact) mass is 341 g/mol. The van der Waals surface area contributed by atoms with Crippen LogP contribution in [0.1, 0.15) is 16.2 Å². The SMILES string of the molecule is O=C(OCc1cc(-c2cccs2)on1)c1cc(-c2ccco2)n[nH]1. The summed E-state index contributed by atoms with van der Waals surface area (Å²) >= 11 is 1.55. The van der Waals surface area contributed by atoms with Crippen LogP contribution in [0.4, 0.5) is 0 Å². The zero-order valence-electron chi connectivity index (χ0n) is 12.3. The molecule has 0 aliphatic carbocycles. The van der Waals surface area contributed by atoms with Crippen molar-refractivity contribution < 1.29 is 18.5 Å². The summed E-state index contributed by atoms with van der Waals surface area (Å²) < 4.78 is 15.7. The number of esters is 1. The van der Waals surface area contributed by atoms with Gasteiger partial charge in [-0.3, -0.25) is 5.10 Å². The molecule has 4 aromatic rings. The van der Waals surface area contributed by atoms with Crippen molar-refractivity contribution in [3.8, 4) is 22.1 Å². The number of hydrogen-bond acceptors (Lipinski definition) is 7. The summed E-state index contributed by atoms with van der Waals surface area (Å²) in [5.74, 6) is 0.695. The molecule has 0 spiro atoms. The number of aromatic amines is 1.